The number of hydrogen-bond donors (Lipinski definition) is 1. The zero-order valence-corrected chi connectivity index (χ0v) is 19.7. The second-order valence-corrected chi connectivity index (χ2v) is 10.3. The fourth-order valence-electron chi connectivity index (χ4n) is 4.90. The smallest absolute Gasteiger partial charge is 0.311 e. The van der Waals surface area contributed by atoms with Crippen LogP contribution in [0.25, 0.3) is 0 Å². The highest BCUT2D eigenvalue weighted by atomic mass is 17.2. The monoisotopic (exact) mass is 422 g/mol. The van der Waals surface area contributed by atoms with Gasteiger partial charge in [-0.1, -0.05) is 32.6 Å². The van der Waals surface area contributed by atoms with E-state index in [0.717, 1.165) is 68.9 Å². The molecule has 1 saturated heterocycles. The zero-order chi connectivity index (χ0) is 22.6. The molecule has 172 valence electrons. The predicted octanol–water partition coefficient (Wildman–Crippen LogP) is 5.67. The molecule has 1 heterocycles. The van der Waals surface area contributed by atoms with E-state index in [2.05, 4.69) is 33.9 Å². The van der Waals surface area contributed by atoms with Gasteiger partial charge in [0.2, 0.25) is 0 Å². The van der Waals surface area contributed by atoms with Crippen molar-refractivity contribution in [3.05, 3.63) is 24.3 Å². The fraction of sp³-hybridized carbons (Fsp3) is 0.800. The molecule has 2 aliphatic rings. The highest BCUT2D eigenvalue weighted by Gasteiger charge is 2.47. The van der Waals surface area contributed by atoms with E-state index in [0.29, 0.717) is 6.42 Å². The van der Waals surface area contributed by atoms with Gasteiger partial charge in [0.25, 0.3) is 0 Å². The van der Waals surface area contributed by atoms with Gasteiger partial charge in [-0.3, -0.25) is 4.79 Å². The van der Waals surface area contributed by atoms with Crippen molar-refractivity contribution in [1.29, 1.82) is 0 Å². The van der Waals surface area contributed by atoms with Crippen LogP contribution in [0.5, 0.6) is 0 Å². The van der Waals surface area contributed by atoms with Crippen molar-refractivity contribution in [2.75, 3.05) is 7.11 Å². The van der Waals surface area contributed by atoms with Crippen molar-refractivity contribution in [1.82, 2.24) is 0 Å². The number of carbonyl (C=O) groups excluding carboxylic acids is 1. The average molecular weight is 423 g/mol. The molecule has 0 spiro atoms. The minimum absolute atomic E-state index is 0.138. The Balaban J connectivity index is 1.74. The lowest BCUT2D eigenvalue weighted by atomic mass is 9.61. The number of esters is 1. The Morgan fingerprint density at radius 3 is 2.53 bits per heavy atom. The Kier molecular flexibility index (Phi) is 8.34. The third-order valence-corrected chi connectivity index (χ3v) is 7.52. The first-order valence-corrected chi connectivity index (χ1v) is 11.4. The summed E-state index contributed by atoms with van der Waals surface area (Å²) in [5, 5.41) is 11.3. The molecule has 1 saturated carbocycles. The number of carbonyl (C=O) groups is 1. The number of hydrogen-bond acceptors (Lipinski definition) is 5. The van der Waals surface area contributed by atoms with Gasteiger partial charge in [-0.2, -0.15) is 0 Å². The van der Waals surface area contributed by atoms with Crippen molar-refractivity contribution in [2.24, 2.45) is 11.3 Å². The molecular weight excluding hydrogens is 380 g/mol. The minimum Gasteiger partial charge on any atom is -0.469 e. The summed E-state index contributed by atoms with van der Waals surface area (Å²) >= 11 is 0. The topological polar surface area (TPSA) is 65.0 Å². The third kappa shape index (κ3) is 5.74. The molecule has 1 N–H and O–H groups in total. The van der Waals surface area contributed by atoms with Gasteiger partial charge >= 0.3 is 5.97 Å². The summed E-state index contributed by atoms with van der Waals surface area (Å²) in [5.41, 5.74) is 0.857. The molecule has 0 aromatic heterocycles. The van der Waals surface area contributed by atoms with Crippen LogP contribution in [0.15, 0.2) is 24.3 Å². The predicted molar refractivity (Wildman–Crippen MR) is 119 cm³/mol. The maximum Gasteiger partial charge on any atom is 0.311 e. The van der Waals surface area contributed by atoms with Crippen LogP contribution in [0.3, 0.4) is 0 Å². The molecular formula is C25H42O5. The third-order valence-electron chi connectivity index (χ3n) is 7.52. The molecule has 2 unspecified atom stereocenters. The molecule has 2 fully saturated rings. The Labute approximate surface area is 182 Å². The quantitative estimate of drug-likeness (QED) is 0.295. The van der Waals surface area contributed by atoms with Crippen LogP contribution in [0.2, 0.25) is 0 Å². The second kappa shape index (κ2) is 9.97. The van der Waals surface area contributed by atoms with Crippen LogP contribution in [-0.4, -0.2) is 35.5 Å². The van der Waals surface area contributed by atoms with E-state index in [1.54, 1.807) is 0 Å². The average Bonchev–Trinajstić information content (AvgIpc) is 2.70. The minimum atomic E-state index is -0.800. The van der Waals surface area contributed by atoms with E-state index in [1.165, 1.54) is 7.11 Å². The molecule has 0 radical (unpaired) electrons. The van der Waals surface area contributed by atoms with E-state index >= 15 is 0 Å². The molecule has 0 aromatic carbocycles. The van der Waals surface area contributed by atoms with Crippen molar-refractivity contribution in [3.8, 4) is 0 Å². The Bertz CT molecular complexity index is 629. The van der Waals surface area contributed by atoms with Gasteiger partial charge in [-0.25, -0.2) is 9.78 Å². The molecule has 0 amide bonds. The van der Waals surface area contributed by atoms with E-state index < -0.39 is 5.60 Å². The molecule has 30 heavy (non-hydrogen) atoms. The first-order valence-electron chi connectivity index (χ1n) is 11.4. The van der Waals surface area contributed by atoms with Gasteiger partial charge in [0.05, 0.1) is 18.6 Å². The molecule has 0 bridgehead atoms. The van der Waals surface area contributed by atoms with Crippen LogP contribution < -0.4 is 0 Å². The summed E-state index contributed by atoms with van der Waals surface area (Å²) in [7, 11) is 1.39. The second-order valence-electron chi connectivity index (χ2n) is 10.3. The zero-order valence-electron chi connectivity index (χ0n) is 19.7. The summed E-state index contributed by atoms with van der Waals surface area (Å²) in [6, 6.07) is 0. The van der Waals surface area contributed by atoms with E-state index in [4.69, 9.17) is 14.5 Å². The molecule has 2 rings (SSSR count). The first-order chi connectivity index (χ1) is 13.9. The molecule has 4 atom stereocenters. The Morgan fingerprint density at radius 1 is 1.27 bits per heavy atom. The van der Waals surface area contributed by atoms with Crippen LogP contribution in [0.1, 0.15) is 91.9 Å². The largest absolute Gasteiger partial charge is 0.469 e. The van der Waals surface area contributed by atoms with Crippen LogP contribution in [-0.2, 0) is 19.3 Å². The standard InChI is InChI=1S/C25H42O5/c1-18(12-17-25(27)19(2)11-9-14-23(25,4)5)10-8-15-24(6)16-13-21(29-30-24)20(3)22(26)28-7/h20-21,27H,1-2,8-17H2,3-7H3/t20?,21-,24+,25?/m1/s1. The maximum atomic E-state index is 11.7. The number of rotatable bonds is 9. The van der Waals surface area contributed by atoms with E-state index in [1.807, 2.05) is 6.92 Å². The van der Waals surface area contributed by atoms with Crippen LogP contribution in [0.4, 0.5) is 0 Å². The van der Waals surface area contributed by atoms with Gasteiger partial charge in [0.15, 0.2) is 0 Å². The Hall–Kier alpha value is -1.17. The van der Waals surface area contributed by atoms with Crippen LogP contribution >= 0.6 is 0 Å². The number of methoxy groups -OCH3 is 1. The van der Waals surface area contributed by atoms with Crippen molar-refractivity contribution >= 4 is 5.97 Å². The highest BCUT2D eigenvalue weighted by molar-refractivity contribution is 5.72. The van der Waals surface area contributed by atoms with Crippen molar-refractivity contribution in [2.45, 2.75) is 109 Å². The Morgan fingerprint density at radius 2 is 1.97 bits per heavy atom. The summed E-state index contributed by atoms with van der Waals surface area (Å²) < 4.78 is 4.79. The summed E-state index contributed by atoms with van der Waals surface area (Å²) in [4.78, 5) is 22.9. The normalized spacial score (nSPS) is 32.5. The van der Waals surface area contributed by atoms with E-state index in [-0.39, 0.29) is 29.0 Å². The van der Waals surface area contributed by atoms with Crippen LogP contribution in [0, 0.1) is 11.3 Å². The van der Waals surface area contributed by atoms with Gasteiger partial charge < -0.3 is 9.84 Å². The number of aliphatic hydroxyl groups is 1. The van der Waals surface area contributed by atoms with Crippen molar-refractivity contribution < 1.29 is 24.4 Å². The summed E-state index contributed by atoms with van der Waals surface area (Å²) in [6.07, 6.45) is 8.65. The lowest BCUT2D eigenvalue weighted by molar-refractivity contribution is -0.411. The molecule has 1 aliphatic carbocycles. The van der Waals surface area contributed by atoms with Gasteiger partial charge in [-0.15, -0.1) is 0 Å². The number of allylic oxidation sites excluding steroid dienone is 1. The van der Waals surface area contributed by atoms with Gasteiger partial charge in [0, 0.05) is 0 Å². The lowest BCUT2D eigenvalue weighted by Crippen LogP contribution is -2.48. The van der Waals surface area contributed by atoms with Crippen molar-refractivity contribution in [3.63, 3.8) is 0 Å². The van der Waals surface area contributed by atoms with E-state index in [9.17, 15) is 9.90 Å². The summed E-state index contributed by atoms with van der Waals surface area (Å²) in [6.45, 7) is 16.6. The molecule has 1 aliphatic heterocycles. The SMILES string of the molecule is C=C(CCC[C@@]1(C)CC[C@H](C(C)C(=O)OC)OO1)CCC1(O)C(=C)CCCC1(C)C. The highest BCUT2D eigenvalue weighted by Crippen LogP contribution is 2.49. The van der Waals surface area contributed by atoms with Gasteiger partial charge in [0.1, 0.15) is 11.7 Å². The maximum absolute atomic E-state index is 11.7. The lowest BCUT2D eigenvalue weighted by Gasteiger charge is -2.48. The molecule has 5 nitrogen and oxygen atoms in total. The van der Waals surface area contributed by atoms with Gasteiger partial charge in [-0.05, 0) is 89.0 Å². The number of ether oxygens (including phenoxy) is 1. The molecule has 5 heteroatoms. The first kappa shape index (κ1) is 25.1. The fourth-order valence-corrected chi connectivity index (χ4v) is 4.90. The summed E-state index contributed by atoms with van der Waals surface area (Å²) in [5.74, 6) is -0.599. The molecule has 0 aromatic rings.